The largest absolute Gasteiger partial charge is 0.495 e. The minimum Gasteiger partial charge on any atom is -0.495 e. The third-order valence-corrected chi connectivity index (χ3v) is 3.59. The second-order valence-electron chi connectivity index (χ2n) is 4.86. The van der Waals surface area contributed by atoms with Crippen LogP contribution in [0.4, 0.5) is 0 Å². The topological polar surface area (TPSA) is 45.0 Å². The molecule has 18 heavy (non-hydrogen) atoms. The Morgan fingerprint density at radius 1 is 1.33 bits per heavy atom. The van der Waals surface area contributed by atoms with Crippen molar-refractivity contribution in [2.24, 2.45) is 0 Å². The average molecular weight is 244 g/mol. The van der Waals surface area contributed by atoms with Crippen LogP contribution in [0, 0.1) is 11.3 Å². The van der Waals surface area contributed by atoms with Gasteiger partial charge in [-0.3, -0.25) is 0 Å². The number of hydrogen-bond donors (Lipinski definition) is 1. The summed E-state index contributed by atoms with van der Waals surface area (Å²) >= 11 is 0. The summed E-state index contributed by atoms with van der Waals surface area (Å²) in [5.41, 5.74) is 1.77. The molecule has 0 heterocycles. The smallest absolute Gasteiger partial charge is 0.136 e. The lowest BCUT2D eigenvalue weighted by molar-refractivity contribution is 0.371. The zero-order chi connectivity index (χ0) is 12.8. The molecule has 1 aromatic rings. The van der Waals surface area contributed by atoms with Gasteiger partial charge in [0.15, 0.2) is 0 Å². The van der Waals surface area contributed by atoms with Gasteiger partial charge in [-0.2, -0.15) is 5.26 Å². The first-order valence-electron chi connectivity index (χ1n) is 6.64. The van der Waals surface area contributed by atoms with Gasteiger partial charge in [-0.1, -0.05) is 25.3 Å². The van der Waals surface area contributed by atoms with Crippen LogP contribution in [-0.4, -0.2) is 13.2 Å². The summed E-state index contributed by atoms with van der Waals surface area (Å²) < 4.78 is 5.22. The molecule has 1 saturated carbocycles. The van der Waals surface area contributed by atoms with Gasteiger partial charge in [-0.05, 0) is 30.5 Å². The molecule has 2 rings (SSSR count). The highest BCUT2D eigenvalue weighted by molar-refractivity contribution is 5.45. The number of benzene rings is 1. The van der Waals surface area contributed by atoms with Gasteiger partial charge < -0.3 is 10.1 Å². The Balaban J connectivity index is 1.95. The minimum atomic E-state index is 0.596. The number of rotatable bonds is 4. The number of nitrogens with zero attached hydrogens (tertiary/aromatic N) is 1. The van der Waals surface area contributed by atoms with Crippen LogP contribution in [0.1, 0.15) is 43.2 Å². The van der Waals surface area contributed by atoms with Crippen molar-refractivity contribution in [2.45, 2.75) is 44.7 Å². The molecule has 0 unspecified atom stereocenters. The van der Waals surface area contributed by atoms with Crippen LogP contribution in [0.2, 0.25) is 0 Å². The van der Waals surface area contributed by atoms with Crippen molar-refractivity contribution >= 4 is 0 Å². The molecule has 0 radical (unpaired) electrons. The summed E-state index contributed by atoms with van der Waals surface area (Å²) in [6.45, 7) is 0.854. The molecule has 3 nitrogen and oxygen atoms in total. The number of nitriles is 1. The third kappa shape index (κ3) is 3.24. The molecule has 0 aromatic heterocycles. The van der Waals surface area contributed by atoms with Gasteiger partial charge in [-0.25, -0.2) is 0 Å². The number of nitrogens with one attached hydrogen (secondary N) is 1. The Kier molecular flexibility index (Phi) is 4.60. The molecule has 1 N–H and O–H groups in total. The van der Waals surface area contributed by atoms with E-state index in [1.165, 1.54) is 37.7 Å². The van der Waals surface area contributed by atoms with Crippen LogP contribution < -0.4 is 10.1 Å². The highest BCUT2D eigenvalue weighted by Gasteiger charge is 2.12. The quantitative estimate of drug-likeness (QED) is 0.885. The summed E-state index contributed by atoms with van der Waals surface area (Å²) in [5.74, 6) is 0.667. The predicted octanol–water partition coefficient (Wildman–Crippen LogP) is 2.99. The van der Waals surface area contributed by atoms with Gasteiger partial charge in [0, 0.05) is 12.6 Å². The SMILES string of the molecule is COc1cc(CNC2CCCCC2)ccc1C#N. The van der Waals surface area contributed by atoms with Crippen molar-refractivity contribution in [3.63, 3.8) is 0 Å². The maximum absolute atomic E-state index is 8.93. The molecule has 0 aliphatic heterocycles. The van der Waals surface area contributed by atoms with Crippen molar-refractivity contribution in [2.75, 3.05) is 7.11 Å². The van der Waals surface area contributed by atoms with Crippen molar-refractivity contribution in [1.82, 2.24) is 5.32 Å². The van der Waals surface area contributed by atoms with Crippen LogP contribution in [0.25, 0.3) is 0 Å². The highest BCUT2D eigenvalue weighted by Crippen LogP contribution is 2.21. The van der Waals surface area contributed by atoms with Gasteiger partial charge >= 0.3 is 0 Å². The Hall–Kier alpha value is -1.53. The van der Waals surface area contributed by atoms with E-state index in [0.717, 1.165) is 6.54 Å². The third-order valence-electron chi connectivity index (χ3n) is 3.59. The van der Waals surface area contributed by atoms with Crippen LogP contribution in [-0.2, 0) is 6.54 Å². The first-order valence-corrected chi connectivity index (χ1v) is 6.64. The van der Waals surface area contributed by atoms with Gasteiger partial charge in [0.2, 0.25) is 0 Å². The maximum Gasteiger partial charge on any atom is 0.136 e. The van der Waals surface area contributed by atoms with Crippen LogP contribution in [0.15, 0.2) is 18.2 Å². The summed E-state index contributed by atoms with van der Waals surface area (Å²) in [7, 11) is 1.61. The molecule has 0 bridgehead atoms. The summed E-state index contributed by atoms with van der Waals surface area (Å²) in [5, 5.41) is 12.5. The fourth-order valence-corrected chi connectivity index (χ4v) is 2.51. The van der Waals surface area contributed by atoms with Gasteiger partial charge in [-0.15, -0.1) is 0 Å². The van der Waals surface area contributed by atoms with Gasteiger partial charge in [0.1, 0.15) is 11.8 Å². The van der Waals surface area contributed by atoms with E-state index in [0.29, 0.717) is 17.4 Å². The minimum absolute atomic E-state index is 0.596. The predicted molar refractivity (Wildman–Crippen MR) is 71.4 cm³/mol. The van der Waals surface area contributed by atoms with E-state index in [1.54, 1.807) is 7.11 Å². The first-order chi connectivity index (χ1) is 8.83. The van der Waals surface area contributed by atoms with E-state index in [2.05, 4.69) is 11.4 Å². The molecule has 0 spiro atoms. The number of hydrogen-bond acceptors (Lipinski definition) is 3. The van der Waals surface area contributed by atoms with E-state index in [1.807, 2.05) is 18.2 Å². The fraction of sp³-hybridized carbons (Fsp3) is 0.533. The lowest BCUT2D eigenvalue weighted by Crippen LogP contribution is -2.30. The second kappa shape index (κ2) is 6.42. The molecule has 1 fully saturated rings. The molecule has 1 aromatic carbocycles. The molecule has 0 saturated heterocycles. The van der Waals surface area contributed by atoms with Gasteiger partial charge in [0.05, 0.1) is 12.7 Å². The fourth-order valence-electron chi connectivity index (χ4n) is 2.51. The molecular weight excluding hydrogens is 224 g/mol. The molecule has 3 heteroatoms. The van der Waals surface area contributed by atoms with Crippen molar-refractivity contribution in [1.29, 1.82) is 5.26 Å². The van der Waals surface area contributed by atoms with E-state index < -0.39 is 0 Å². The standard InChI is InChI=1S/C15H20N2O/c1-18-15-9-12(7-8-13(15)10-16)11-17-14-5-3-2-4-6-14/h7-9,14,17H,2-6,11H2,1H3. The van der Waals surface area contributed by atoms with E-state index >= 15 is 0 Å². The zero-order valence-corrected chi connectivity index (χ0v) is 10.9. The molecular formula is C15H20N2O. The van der Waals surface area contributed by atoms with Gasteiger partial charge in [0.25, 0.3) is 0 Å². The Bertz CT molecular complexity index is 431. The molecule has 0 atom stereocenters. The summed E-state index contributed by atoms with van der Waals surface area (Å²) in [6.07, 6.45) is 6.63. The van der Waals surface area contributed by atoms with Crippen LogP contribution in [0.3, 0.4) is 0 Å². The summed E-state index contributed by atoms with van der Waals surface area (Å²) in [4.78, 5) is 0. The number of ether oxygens (including phenoxy) is 1. The normalized spacial score (nSPS) is 16.2. The lowest BCUT2D eigenvalue weighted by atomic mass is 9.95. The highest BCUT2D eigenvalue weighted by atomic mass is 16.5. The second-order valence-corrected chi connectivity index (χ2v) is 4.86. The van der Waals surface area contributed by atoms with Crippen LogP contribution in [0.5, 0.6) is 5.75 Å². The van der Waals surface area contributed by atoms with E-state index in [4.69, 9.17) is 10.00 Å². The Morgan fingerprint density at radius 2 is 2.11 bits per heavy atom. The zero-order valence-electron chi connectivity index (χ0n) is 10.9. The molecule has 1 aliphatic carbocycles. The summed E-state index contributed by atoms with van der Waals surface area (Å²) in [6, 6.07) is 8.57. The maximum atomic E-state index is 8.93. The molecule has 96 valence electrons. The Labute approximate surface area is 109 Å². The van der Waals surface area contributed by atoms with E-state index in [-0.39, 0.29) is 0 Å². The first kappa shape index (κ1) is 12.9. The molecule has 1 aliphatic rings. The van der Waals surface area contributed by atoms with Crippen molar-refractivity contribution in [3.05, 3.63) is 29.3 Å². The molecule has 0 amide bonds. The monoisotopic (exact) mass is 244 g/mol. The Morgan fingerprint density at radius 3 is 2.78 bits per heavy atom. The van der Waals surface area contributed by atoms with Crippen molar-refractivity contribution < 1.29 is 4.74 Å². The number of methoxy groups -OCH3 is 1. The van der Waals surface area contributed by atoms with Crippen LogP contribution >= 0.6 is 0 Å². The lowest BCUT2D eigenvalue weighted by Gasteiger charge is -2.23. The van der Waals surface area contributed by atoms with E-state index in [9.17, 15) is 0 Å². The average Bonchev–Trinajstić information content (AvgIpc) is 2.45. The van der Waals surface area contributed by atoms with Crippen molar-refractivity contribution in [3.8, 4) is 11.8 Å².